The molecule has 4 rings (SSSR count). The molecule has 1 aliphatic rings. The standard InChI is InChI=1S/C25H26ClN7O2S/c1-3-6-21(32-27)29-22-13-23(33-14-17(15-33)35-2)31-25(30-22)36-18-11-9-16(10-12-18)28-24(34)19-7-4-5-8-20(19)26/h3-13,17H,14-15,27H2,1-2H3,(H,28,34)(H,29,30,31,32)/b6-3+. The molecule has 1 amide bonds. The van der Waals surface area contributed by atoms with Gasteiger partial charge in [0.25, 0.3) is 5.91 Å². The van der Waals surface area contributed by atoms with E-state index in [9.17, 15) is 4.79 Å². The molecule has 9 nitrogen and oxygen atoms in total. The lowest BCUT2D eigenvalue weighted by atomic mass is 10.2. The Morgan fingerprint density at radius 3 is 2.61 bits per heavy atom. The molecule has 1 aromatic heterocycles. The van der Waals surface area contributed by atoms with Crippen molar-refractivity contribution in [3.8, 4) is 0 Å². The molecule has 0 saturated carbocycles. The predicted molar refractivity (Wildman–Crippen MR) is 145 cm³/mol. The minimum absolute atomic E-state index is 0.185. The second-order valence-corrected chi connectivity index (χ2v) is 9.30. The number of anilines is 3. The van der Waals surface area contributed by atoms with Gasteiger partial charge in [0, 0.05) is 36.8 Å². The first-order valence-corrected chi connectivity index (χ1v) is 12.4. The van der Waals surface area contributed by atoms with Gasteiger partial charge in [-0.2, -0.15) is 5.10 Å². The van der Waals surface area contributed by atoms with Crippen LogP contribution in [-0.2, 0) is 4.74 Å². The van der Waals surface area contributed by atoms with Crippen molar-refractivity contribution in [2.24, 2.45) is 10.9 Å². The van der Waals surface area contributed by atoms with Gasteiger partial charge in [-0.05, 0) is 61.2 Å². The zero-order chi connectivity index (χ0) is 25.5. The zero-order valence-electron chi connectivity index (χ0n) is 19.8. The van der Waals surface area contributed by atoms with Crippen LogP contribution in [0.15, 0.2) is 81.9 Å². The van der Waals surface area contributed by atoms with Gasteiger partial charge in [-0.3, -0.25) is 4.79 Å². The number of methoxy groups -OCH3 is 1. The van der Waals surface area contributed by atoms with Crippen molar-refractivity contribution in [2.45, 2.75) is 23.1 Å². The Kier molecular flexibility index (Phi) is 8.42. The van der Waals surface area contributed by atoms with Crippen LogP contribution in [-0.4, -0.2) is 48.0 Å². The number of allylic oxidation sites excluding steroid dienone is 1. The maximum atomic E-state index is 12.5. The number of nitrogens with one attached hydrogen (secondary N) is 2. The number of amidine groups is 1. The molecule has 0 atom stereocenters. The third kappa shape index (κ3) is 6.34. The van der Waals surface area contributed by atoms with Gasteiger partial charge in [0.15, 0.2) is 11.0 Å². The molecule has 2 heterocycles. The molecule has 36 heavy (non-hydrogen) atoms. The number of rotatable bonds is 8. The van der Waals surface area contributed by atoms with Gasteiger partial charge < -0.3 is 26.1 Å². The fraction of sp³-hybridized carbons (Fsp3) is 0.200. The molecule has 1 fully saturated rings. The Morgan fingerprint density at radius 2 is 1.94 bits per heavy atom. The fourth-order valence-electron chi connectivity index (χ4n) is 3.42. The lowest BCUT2D eigenvalue weighted by molar-refractivity contribution is 0.0782. The monoisotopic (exact) mass is 523 g/mol. The van der Waals surface area contributed by atoms with Gasteiger partial charge in [-0.1, -0.05) is 29.8 Å². The van der Waals surface area contributed by atoms with E-state index >= 15 is 0 Å². The van der Waals surface area contributed by atoms with E-state index in [1.54, 1.807) is 37.5 Å². The number of aromatic nitrogens is 2. The number of halogens is 1. The molecule has 2 aromatic carbocycles. The van der Waals surface area contributed by atoms with E-state index < -0.39 is 0 Å². The molecule has 1 saturated heterocycles. The van der Waals surface area contributed by atoms with Crippen molar-refractivity contribution in [1.82, 2.24) is 9.97 Å². The highest BCUT2D eigenvalue weighted by atomic mass is 35.5. The van der Waals surface area contributed by atoms with E-state index in [1.807, 2.05) is 43.3 Å². The lowest BCUT2D eigenvalue weighted by Crippen LogP contribution is -2.52. The van der Waals surface area contributed by atoms with Crippen molar-refractivity contribution < 1.29 is 9.53 Å². The Morgan fingerprint density at radius 1 is 1.19 bits per heavy atom. The Bertz CT molecular complexity index is 1280. The topological polar surface area (TPSA) is 118 Å². The maximum absolute atomic E-state index is 12.5. The van der Waals surface area contributed by atoms with Crippen LogP contribution in [0.5, 0.6) is 0 Å². The molecule has 11 heteroatoms. The molecule has 0 unspecified atom stereocenters. The van der Waals surface area contributed by atoms with E-state index in [0.29, 0.717) is 33.1 Å². The Hall–Kier alpha value is -3.60. The van der Waals surface area contributed by atoms with Crippen molar-refractivity contribution >= 4 is 52.4 Å². The number of hydrazone groups is 1. The maximum Gasteiger partial charge on any atom is 0.257 e. The molecule has 1 aliphatic heterocycles. The molecular formula is C25H26ClN7O2S. The third-order valence-electron chi connectivity index (χ3n) is 5.36. The van der Waals surface area contributed by atoms with Crippen LogP contribution in [0, 0.1) is 0 Å². The lowest BCUT2D eigenvalue weighted by Gasteiger charge is -2.39. The third-order valence-corrected chi connectivity index (χ3v) is 6.56. The van der Waals surface area contributed by atoms with Crippen LogP contribution in [0.3, 0.4) is 0 Å². The fourth-order valence-corrected chi connectivity index (χ4v) is 4.41. The van der Waals surface area contributed by atoms with Crippen molar-refractivity contribution in [1.29, 1.82) is 0 Å². The summed E-state index contributed by atoms with van der Waals surface area (Å²) >= 11 is 7.53. The number of ether oxygens (including phenoxy) is 1. The van der Waals surface area contributed by atoms with Gasteiger partial charge in [-0.25, -0.2) is 9.97 Å². The van der Waals surface area contributed by atoms with E-state index in [1.165, 1.54) is 11.8 Å². The summed E-state index contributed by atoms with van der Waals surface area (Å²) in [6, 6.07) is 16.2. The molecule has 0 aliphatic carbocycles. The van der Waals surface area contributed by atoms with Crippen LogP contribution >= 0.6 is 23.4 Å². The minimum Gasteiger partial charge on any atom is -0.378 e. The van der Waals surface area contributed by atoms with Crippen LogP contribution in [0.2, 0.25) is 5.02 Å². The number of carbonyl (C=O) groups is 1. The Labute approximate surface area is 218 Å². The molecule has 4 N–H and O–H groups in total. The summed E-state index contributed by atoms with van der Waals surface area (Å²) in [6.07, 6.45) is 3.78. The van der Waals surface area contributed by atoms with E-state index in [2.05, 4.69) is 25.6 Å². The second-order valence-electron chi connectivity index (χ2n) is 7.86. The summed E-state index contributed by atoms with van der Waals surface area (Å²) in [5, 5.41) is 10.7. The number of nitrogens with two attached hydrogens (primary N) is 1. The quantitative estimate of drug-likeness (QED) is 0.129. The number of benzene rings is 2. The predicted octanol–water partition coefficient (Wildman–Crippen LogP) is 4.63. The van der Waals surface area contributed by atoms with Crippen LogP contribution in [0.25, 0.3) is 0 Å². The summed E-state index contributed by atoms with van der Waals surface area (Å²) in [5.41, 5.74) is 1.07. The number of hydrogen-bond donors (Lipinski definition) is 3. The first-order valence-electron chi connectivity index (χ1n) is 11.2. The van der Waals surface area contributed by atoms with Gasteiger partial charge in [0.1, 0.15) is 11.6 Å². The normalized spacial score (nSPS) is 14.1. The van der Waals surface area contributed by atoms with Crippen LogP contribution in [0.1, 0.15) is 17.3 Å². The number of carbonyl (C=O) groups excluding carboxylic acids is 1. The van der Waals surface area contributed by atoms with Crippen molar-refractivity contribution in [3.05, 3.63) is 77.3 Å². The summed E-state index contributed by atoms with van der Waals surface area (Å²) < 4.78 is 5.39. The van der Waals surface area contributed by atoms with E-state index in [-0.39, 0.29) is 12.0 Å². The summed E-state index contributed by atoms with van der Waals surface area (Å²) in [4.78, 5) is 24.9. The van der Waals surface area contributed by atoms with Crippen molar-refractivity contribution in [3.63, 3.8) is 0 Å². The van der Waals surface area contributed by atoms with Crippen LogP contribution in [0.4, 0.5) is 17.3 Å². The van der Waals surface area contributed by atoms with Gasteiger partial charge in [-0.15, -0.1) is 0 Å². The molecule has 0 bridgehead atoms. The zero-order valence-corrected chi connectivity index (χ0v) is 21.4. The summed E-state index contributed by atoms with van der Waals surface area (Å²) in [5.74, 6) is 7.07. The van der Waals surface area contributed by atoms with Gasteiger partial charge in [0.2, 0.25) is 0 Å². The molecular weight excluding hydrogens is 498 g/mol. The second kappa shape index (κ2) is 11.9. The highest BCUT2D eigenvalue weighted by Crippen LogP contribution is 2.31. The number of amides is 1. The molecule has 3 aromatic rings. The Balaban J connectivity index is 1.50. The molecule has 0 spiro atoms. The molecule has 186 valence electrons. The first-order chi connectivity index (χ1) is 17.5. The smallest absolute Gasteiger partial charge is 0.257 e. The SMILES string of the molecule is C/C=C/C(=N\N)Nc1cc(N2CC(OC)C2)nc(Sc2ccc(NC(=O)c3ccccc3Cl)cc2)n1. The largest absolute Gasteiger partial charge is 0.378 e. The van der Waals surface area contributed by atoms with E-state index in [0.717, 1.165) is 23.8 Å². The number of hydrogen-bond acceptors (Lipinski definition) is 8. The van der Waals surface area contributed by atoms with E-state index in [4.69, 9.17) is 27.2 Å². The molecule has 0 radical (unpaired) electrons. The average molecular weight is 524 g/mol. The number of nitrogens with zero attached hydrogens (tertiary/aromatic N) is 4. The highest BCUT2D eigenvalue weighted by molar-refractivity contribution is 7.99. The van der Waals surface area contributed by atoms with Gasteiger partial charge in [0.05, 0.1) is 16.7 Å². The van der Waals surface area contributed by atoms with Gasteiger partial charge >= 0.3 is 0 Å². The average Bonchev–Trinajstić information content (AvgIpc) is 2.84. The van der Waals surface area contributed by atoms with Crippen LogP contribution < -0.4 is 21.4 Å². The minimum atomic E-state index is -0.268. The first kappa shape index (κ1) is 25.5. The highest BCUT2D eigenvalue weighted by Gasteiger charge is 2.28. The summed E-state index contributed by atoms with van der Waals surface area (Å²) in [6.45, 7) is 3.39. The summed E-state index contributed by atoms with van der Waals surface area (Å²) in [7, 11) is 1.71. The van der Waals surface area contributed by atoms with Crippen molar-refractivity contribution in [2.75, 3.05) is 35.7 Å².